The first-order chi connectivity index (χ1) is 11.9. The van der Waals surface area contributed by atoms with E-state index in [1.54, 1.807) is 36.4 Å². The molecule has 0 aliphatic carbocycles. The fraction of sp³-hybridized carbons (Fsp3) is 0.118. The maximum Gasteiger partial charge on any atom is 0.314 e. The number of H-pyrrole nitrogens is 2. The quantitative estimate of drug-likeness (QED) is 0.621. The molecule has 0 bridgehead atoms. The van der Waals surface area contributed by atoms with E-state index in [4.69, 9.17) is 16.3 Å². The molecule has 0 saturated heterocycles. The van der Waals surface area contributed by atoms with Gasteiger partial charge in [-0.05, 0) is 48.9 Å². The Labute approximate surface area is 146 Å². The molecule has 1 amide bonds. The molecule has 0 saturated carbocycles. The summed E-state index contributed by atoms with van der Waals surface area (Å²) in [6.07, 6.45) is 0. The van der Waals surface area contributed by atoms with E-state index in [0.29, 0.717) is 27.5 Å². The van der Waals surface area contributed by atoms with Gasteiger partial charge in [0, 0.05) is 10.7 Å². The molecule has 7 nitrogen and oxygen atoms in total. The second-order valence-corrected chi connectivity index (χ2v) is 5.85. The highest BCUT2D eigenvalue weighted by molar-refractivity contribution is 6.30. The Hall–Kier alpha value is -3.06. The smallest absolute Gasteiger partial charge is 0.314 e. The summed E-state index contributed by atoms with van der Waals surface area (Å²) in [4.78, 5) is 39.6. The lowest BCUT2D eigenvalue weighted by Crippen LogP contribution is -2.29. The molecule has 0 aliphatic heterocycles. The van der Waals surface area contributed by atoms with Crippen LogP contribution in [0.4, 0.5) is 5.69 Å². The van der Waals surface area contributed by atoms with Crippen molar-refractivity contribution in [2.75, 3.05) is 11.9 Å². The molecule has 1 heterocycles. The van der Waals surface area contributed by atoms with E-state index in [9.17, 15) is 14.4 Å². The van der Waals surface area contributed by atoms with Gasteiger partial charge in [0.2, 0.25) is 0 Å². The number of halogens is 1. The number of hydrogen-bond donors (Lipinski definition) is 3. The average Bonchev–Trinajstić information content (AvgIpc) is 2.55. The van der Waals surface area contributed by atoms with Gasteiger partial charge >= 0.3 is 11.1 Å². The summed E-state index contributed by atoms with van der Waals surface area (Å²) in [6, 6.07) is 9.88. The molecule has 0 atom stereocenters. The molecular formula is C17H14ClN3O4. The van der Waals surface area contributed by atoms with Gasteiger partial charge in [-0.3, -0.25) is 14.4 Å². The zero-order valence-electron chi connectivity index (χ0n) is 13.2. The Morgan fingerprint density at radius 1 is 1.08 bits per heavy atom. The maximum absolute atomic E-state index is 12.0. The fourth-order valence-corrected chi connectivity index (χ4v) is 2.53. The summed E-state index contributed by atoms with van der Waals surface area (Å²) in [7, 11) is 0. The minimum absolute atomic E-state index is 0.178. The lowest BCUT2D eigenvalue weighted by Gasteiger charge is -2.10. The largest absolute Gasteiger partial charge is 0.483 e. The van der Waals surface area contributed by atoms with E-state index in [2.05, 4.69) is 15.3 Å². The Morgan fingerprint density at radius 3 is 2.52 bits per heavy atom. The standard InChI is InChI=1S/C17H14ClN3O4/c1-9-6-10(18)2-5-14(9)25-8-15(22)19-11-3-4-12-13(7-11)21-17(24)16(23)20-12/h2-7H,8H2,1H3,(H,19,22)(H,20,23)(H,21,24). The highest BCUT2D eigenvalue weighted by atomic mass is 35.5. The molecule has 3 aromatic rings. The molecule has 2 aromatic carbocycles. The summed E-state index contributed by atoms with van der Waals surface area (Å²) >= 11 is 5.87. The van der Waals surface area contributed by atoms with Crippen LogP contribution in [0.25, 0.3) is 11.0 Å². The SMILES string of the molecule is Cc1cc(Cl)ccc1OCC(=O)Nc1ccc2[nH]c(=O)c(=O)[nH]c2c1. The summed E-state index contributed by atoms with van der Waals surface area (Å²) in [5.41, 5.74) is 0.699. The van der Waals surface area contributed by atoms with Crippen LogP contribution < -0.4 is 21.2 Å². The number of aromatic nitrogens is 2. The van der Waals surface area contributed by atoms with Crippen LogP contribution in [0, 0.1) is 6.92 Å². The number of ether oxygens (including phenoxy) is 1. The fourth-order valence-electron chi connectivity index (χ4n) is 2.31. The molecule has 0 spiro atoms. The van der Waals surface area contributed by atoms with Crippen molar-refractivity contribution >= 4 is 34.2 Å². The van der Waals surface area contributed by atoms with Crippen LogP contribution in [0.15, 0.2) is 46.0 Å². The van der Waals surface area contributed by atoms with E-state index >= 15 is 0 Å². The lowest BCUT2D eigenvalue weighted by atomic mass is 10.2. The molecule has 3 N–H and O–H groups in total. The average molecular weight is 360 g/mol. The first-order valence-corrected chi connectivity index (χ1v) is 7.75. The van der Waals surface area contributed by atoms with Crippen molar-refractivity contribution in [1.82, 2.24) is 9.97 Å². The Bertz CT molecular complexity index is 1070. The van der Waals surface area contributed by atoms with Crippen LogP contribution in [0.1, 0.15) is 5.56 Å². The number of aromatic amines is 2. The highest BCUT2D eigenvalue weighted by Gasteiger charge is 2.07. The van der Waals surface area contributed by atoms with Crippen LogP contribution in [0.5, 0.6) is 5.75 Å². The summed E-state index contributed by atoms with van der Waals surface area (Å²) < 4.78 is 5.47. The van der Waals surface area contributed by atoms with Gasteiger partial charge in [-0.1, -0.05) is 11.6 Å². The van der Waals surface area contributed by atoms with Crippen LogP contribution in [0.2, 0.25) is 5.02 Å². The zero-order valence-corrected chi connectivity index (χ0v) is 13.9. The number of carbonyl (C=O) groups excluding carboxylic acids is 1. The minimum atomic E-state index is -0.752. The Kier molecular flexibility index (Phi) is 4.58. The van der Waals surface area contributed by atoms with Gasteiger partial charge in [-0.2, -0.15) is 0 Å². The first-order valence-electron chi connectivity index (χ1n) is 7.37. The van der Waals surface area contributed by atoms with Crippen LogP contribution in [-0.2, 0) is 4.79 Å². The predicted molar refractivity (Wildman–Crippen MR) is 95.5 cm³/mol. The third-order valence-corrected chi connectivity index (χ3v) is 3.74. The molecule has 0 aliphatic rings. The van der Waals surface area contributed by atoms with Gasteiger partial charge in [-0.25, -0.2) is 0 Å². The molecule has 8 heteroatoms. The maximum atomic E-state index is 12.0. The number of anilines is 1. The Balaban J connectivity index is 1.70. The number of nitrogens with one attached hydrogen (secondary N) is 3. The number of carbonyl (C=O) groups is 1. The monoisotopic (exact) mass is 359 g/mol. The third kappa shape index (κ3) is 3.89. The van der Waals surface area contributed by atoms with Gasteiger partial charge in [0.05, 0.1) is 11.0 Å². The van der Waals surface area contributed by atoms with Gasteiger partial charge in [0.25, 0.3) is 5.91 Å². The molecular weight excluding hydrogens is 346 g/mol. The van der Waals surface area contributed by atoms with E-state index in [1.165, 1.54) is 0 Å². The second-order valence-electron chi connectivity index (χ2n) is 5.42. The molecule has 1 aromatic heterocycles. The molecule has 0 unspecified atom stereocenters. The number of rotatable bonds is 4. The molecule has 0 radical (unpaired) electrons. The van der Waals surface area contributed by atoms with Crippen molar-refractivity contribution in [3.8, 4) is 5.75 Å². The summed E-state index contributed by atoms with van der Waals surface area (Å²) in [5, 5.41) is 3.26. The molecule has 3 rings (SSSR count). The number of hydrogen-bond acceptors (Lipinski definition) is 4. The zero-order chi connectivity index (χ0) is 18.0. The topological polar surface area (TPSA) is 104 Å². The van der Waals surface area contributed by atoms with Crippen molar-refractivity contribution in [1.29, 1.82) is 0 Å². The lowest BCUT2D eigenvalue weighted by molar-refractivity contribution is -0.118. The Morgan fingerprint density at radius 2 is 1.80 bits per heavy atom. The third-order valence-electron chi connectivity index (χ3n) is 3.50. The van der Waals surface area contributed by atoms with Crippen molar-refractivity contribution in [2.24, 2.45) is 0 Å². The van der Waals surface area contributed by atoms with E-state index < -0.39 is 11.1 Å². The van der Waals surface area contributed by atoms with Crippen LogP contribution in [0.3, 0.4) is 0 Å². The molecule has 0 fully saturated rings. The summed E-state index contributed by atoms with van der Waals surface area (Å²) in [6.45, 7) is 1.65. The van der Waals surface area contributed by atoms with Crippen molar-refractivity contribution < 1.29 is 9.53 Å². The highest BCUT2D eigenvalue weighted by Crippen LogP contribution is 2.21. The van der Waals surface area contributed by atoms with Crippen LogP contribution >= 0.6 is 11.6 Å². The first kappa shape index (κ1) is 16.8. The van der Waals surface area contributed by atoms with Crippen molar-refractivity contribution in [3.05, 3.63) is 67.7 Å². The van der Waals surface area contributed by atoms with E-state index in [-0.39, 0.29) is 12.5 Å². The van der Waals surface area contributed by atoms with Gasteiger partial charge in [0.1, 0.15) is 5.75 Å². The van der Waals surface area contributed by atoms with E-state index in [1.807, 2.05) is 6.92 Å². The predicted octanol–water partition coefficient (Wildman–Crippen LogP) is 2.20. The molecule has 128 valence electrons. The normalized spacial score (nSPS) is 10.6. The van der Waals surface area contributed by atoms with Gasteiger partial charge < -0.3 is 20.0 Å². The number of benzene rings is 2. The summed E-state index contributed by atoms with van der Waals surface area (Å²) in [5.74, 6) is 0.209. The van der Waals surface area contributed by atoms with Crippen molar-refractivity contribution in [3.63, 3.8) is 0 Å². The van der Waals surface area contributed by atoms with Gasteiger partial charge in [0.15, 0.2) is 6.61 Å². The van der Waals surface area contributed by atoms with Crippen LogP contribution in [-0.4, -0.2) is 22.5 Å². The van der Waals surface area contributed by atoms with Gasteiger partial charge in [-0.15, -0.1) is 0 Å². The second kappa shape index (κ2) is 6.82. The van der Waals surface area contributed by atoms with E-state index in [0.717, 1.165) is 5.56 Å². The number of fused-ring (bicyclic) bond motifs is 1. The van der Waals surface area contributed by atoms with Crippen molar-refractivity contribution in [2.45, 2.75) is 6.92 Å². The minimum Gasteiger partial charge on any atom is -0.483 e. The number of amides is 1. The molecule has 25 heavy (non-hydrogen) atoms. The number of aryl methyl sites for hydroxylation is 1.